The van der Waals surface area contributed by atoms with Crippen LogP contribution in [0.5, 0.6) is 6.01 Å². The summed E-state index contributed by atoms with van der Waals surface area (Å²) in [5, 5.41) is 12.9. The van der Waals surface area contributed by atoms with Gasteiger partial charge in [0.2, 0.25) is 0 Å². The minimum absolute atomic E-state index is 0.0155. The number of carbonyl (C=O) groups is 1. The predicted molar refractivity (Wildman–Crippen MR) is 206 cm³/mol. The number of aromatic amines is 1. The number of ether oxygens (including phenoxy) is 2. The number of piperazine rings is 1. The fraction of sp³-hybridized carbons (Fsp3) is 0.462. The number of benzene rings is 2. The van der Waals surface area contributed by atoms with Crippen LogP contribution in [0.1, 0.15) is 52.9 Å². The number of nitrogens with one attached hydrogen (secondary N) is 1. The van der Waals surface area contributed by atoms with Crippen molar-refractivity contribution in [3.05, 3.63) is 47.7 Å². The second kappa shape index (κ2) is 12.1. The molecule has 14 heteroatoms. The Bertz CT molecular complexity index is 2430. The van der Waals surface area contributed by atoms with Gasteiger partial charge in [0.1, 0.15) is 29.0 Å². The van der Waals surface area contributed by atoms with E-state index in [1.165, 1.54) is 0 Å². The molecule has 4 saturated heterocycles. The molecular weight excluding hydrogens is 715 g/mol. The Hall–Kier alpha value is -4.33. The van der Waals surface area contributed by atoms with Gasteiger partial charge in [0.15, 0.2) is 0 Å². The van der Waals surface area contributed by atoms with Gasteiger partial charge in [0, 0.05) is 59.0 Å². The topological polar surface area (TPSA) is 113 Å². The van der Waals surface area contributed by atoms with Gasteiger partial charge in [-0.1, -0.05) is 23.7 Å². The van der Waals surface area contributed by atoms with Crippen molar-refractivity contribution in [2.45, 2.75) is 82.3 Å². The van der Waals surface area contributed by atoms with Gasteiger partial charge >= 0.3 is 12.1 Å². The molecule has 53 heavy (non-hydrogen) atoms. The number of carbonyl (C=O) groups excluding carboxylic acids is 1. The SMILES string of the molecule is CC(C)(C)OC(=O)N1[C@@H]2CC[C@H]1CN(c1nc(OC[C@@]34CCCN3C[C@H](F)C4)nc3sc4c(-c5c6cn[nH]c6cc6cccc(Cl)c56)nccc4c13)C2. The maximum absolute atomic E-state index is 14.7. The molecule has 4 aliphatic heterocycles. The summed E-state index contributed by atoms with van der Waals surface area (Å²) in [5.41, 5.74) is 1.68. The van der Waals surface area contributed by atoms with Crippen LogP contribution in [-0.2, 0) is 4.74 Å². The van der Waals surface area contributed by atoms with E-state index in [9.17, 15) is 9.18 Å². The molecule has 0 aliphatic carbocycles. The van der Waals surface area contributed by atoms with Crippen molar-refractivity contribution in [3.8, 4) is 17.3 Å². The molecule has 274 valence electrons. The molecule has 10 rings (SSSR count). The molecule has 0 radical (unpaired) electrons. The number of fused-ring (bicyclic) bond motifs is 8. The average molecular weight is 755 g/mol. The van der Waals surface area contributed by atoms with Crippen LogP contribution in [0.25, 0.3) is 53.2 Å². The van der Waals surface area contributed by atoms with Crippen LogP contribution in [0, 0.1) is 0 Å². The fourth-order valence-electron chi connectivity index (χ4n) is 9.44. The van der Waals surface area contributed by atoms with Gasteiger partial charge in [0.05, 0.1) is 45.1 Å². The van der Waals surface area contributed by atoms with E-state index >= 15 is 0 Å². The van der Waals surface area contributed by atoms with E-state index in [1.54, 1.807) is 11.3 Å². The number of anilines is 1. The third-order valence-corrected chi connectivity index (χ3v) is 13.0. The summed E-state index contributed by atoms with van der Waals surface area (Å²) in [6, 6.07) is 10.3. The first-order chi connectivity index (χ1) is 25.5. The van der Waals surface area contributed by atoms with E-state index in [0.717, 1.165) is 91.3 Å². The molecule has 2 bridgehead atoms. The summed E-state index contributed by atoms with van der Waals surface area (Å²) in [6.07, 6.45) is 6.72. The number of amides is 1. The van der Waals surface area contributed by atoms with Crippen molar-refractivity contribution < 1.29 is 18.7 Å². The Kier molecular flexibility index (Phi) is 7.59. The monoisotopic (exact) mass is 754 g/mol. The number of rotatable bonds is 5. The van der Waals surface area contributed by atoms with E-state index in [1.807, 2.05) is 56.3 Å². The molecule has 4 fully saturated rings. The molecule has 6 aromatic rings. The average Bonchev–Trinajstić information content (AvgIpc) is 3.92. The third-order valence-electron chi connectivity index (χ3n) is 11.6. The molecule has 4 atom stereocenters. The quantitative estimate of drug-likeness (QED) is 0.186. The standard InChI is InChI=1S/C39H40ClFN8O3S/c1-38(2,3)52-37(50)49-23-8-9-24(49)19-47(18-23)34-31-25-10-12-42-32(30-26-16-43-46-28(26)14-21-6-4-7-27(40)29(21)30)33(25)53-35(31)45-36(44-34)51-20-39-11-5-13-48(39)17-22(41)15-39/h4,6-7,10,12,14,16,22-24H,5,8-9,11,13,15,17-20H2,1-3H3,(H,43,46)/t22-,23-,24+,39+/m1/s1. The van der Waals surface area contributed by atoms with E-state index in [-0.39, 0.29) is 29.7 Å². The van der Waals surface area contributed by atoms with Crippen molar-refractivity contribution in [2.75, 3.05) is 37.7 Å². The number of halogens is 2. The first-order valence-electron chi connectivity index (χ1n) is 18.5. The van der Waals surface area contributed by atoms with Gasteiger partial charge in [-0.05, 0) is 76.6 Å². The van der Waals surface area contributed by atoms with Gasteiger partial charge in [-0.3, -0.25) is 19.9 Å². The smallest absolute Gasteiger partial charge is 0.410 e. The van der Waals surface area contributed by atoms with Gasteiger partial charge in [-0.2, -0.15) is 15.1 Å². The van der Waals surface area contributed by atoms with Crippen LogP contribution >= 0.6 is 22.9 Å². The Morgan fingerprint density at radius 2 is 1.94 bits per heavy atom. The number of hydrogen-bond acceptors (Lipinski definition) is 10. The molecule has 0 spiro atoms. The molecule has 1 amide bonds. The normalized spacial score (nSPS) is 24.7. The summed E-state index contributed by atoms with van der Waals surface area (Å²) < 4.78 is 28.0. The maximum atomic E-state index is 14.7. The van der Waals surface area contributed by atoms with Crippen LogP contribution in [0.4, 0.5) is 15.0 Å². The minimum atomic E-state index is -0.854. The number of aromatic nitrogens is 5. The summed E-state index contributed by atoms with van der Waals surface area (Å²) >= 11 is 8.49. The third kappa shape index (κ3) is 5.40. The fourth-order valence-corrected chi connectivity index (χ4v) is 10.9. The summed E-state index contributed by atoms with van der Waals surface area (Å²) in [5.74, 6) is 0.772. The van der Waals surface area contributed by atoms with Crippen LogP contribution in [0.15, 0.2) is 42.7 Å². The van der Waals surface area contributed by atoms with E-state index in [4.69, 9.17) is 36.0 Å². The Morgan fingerprint density at radius 1 is 1.11 bits per heavy atom. The first kappa shape index (κ1) is 33.3. The number of pyridine rings is 1. The number of H-pyrrole nitrogens is 1. The maximum Gasteiger partial charge on any atom is 0.410 e. The minimum Gasteiger partial charge on any atom is -0.461 e. The number of hydrogen-bond donors (Lipinski definition) is 1. The highest BCUT2D eigenvalue weighted by molar-refractivity contribution is 7.26. The van der Waals surface area contributed by atoms with Crippen LogP contribution < -0.4 is 9.64 Å². The van der Waals surface area contributed by atoms with Crippen molar-refractivity contribution in [2.24, 2.45) is 0 Å². The molecule has 8 heterocycles. The van der Waals surface area contributed by atoms with Crippen LogP contribution in [0.2, 0.25) is 5.02 Å². The van der Waals surface area contributed by atoms with Gasteiger partial charge in [-0.15, -0.1) is 11.3 Å². The van der Waals surface area contributed by atoms with E-state index in [2.05, 4.69) is 32.1 Å². The second-order valence-electron chi connectivity index (χ2n) is 16.1. The largest absolute Gasteiger partial charge is 0.461 e. The van der Waals surface area contributed by atoms with E-state index < -0.39 is 11.8 Å². The highest BCUT2D eigenvalue weighted by atomic mass is 35.5. The lowest BCUT2D eigenvalue weighted by Gasteiger charge is -2.42. The van der Waals surface area contributed by atoms with E-state index in [0.29, 0.717) is 37.7 Å². The molecule has 0 saturated carbocycles. The Morgan fingerprint density at radius 3 is 2.75 bits per heavy atom. The van der Waals surface area contributed by atoms with Crippen molar-refractivity contribution >= 4 is 76.8 Å². The molecule has 0 unspecified atom stereocenters. The van der Waals surface area contributed by atoms with Crippen LogP contribution in [0.3, 0.4) is 0 Å². The summed E-state index contributed by atoms with van der Waals surface area (Å²) in [4.78, 5) is 35.9. The molecule has 2 aromatic carbocycles. The van der Waals surface area contributed by atoms with Gasteiger partial charge < -0.3 is 14.4 Å². The van der Waals surface area contributed by atoms with Crippen molar-refractivity contribution in [1.29, 1.82) is 0 Å². The Balaban J connectivity index is 1.12. The number of alkyl halides is 1. The highest BCUT2D eigenvalue weighted by Crippen LogP contribution is 2.48. The molecule has 4 aromatic heterocycles. The zero-order chi connectivity index (χ0) is 36.2. The highest BCUT2D eigenvalue weighted by Gasteiger charge is 2.50. The lowest BCUT2D eigenvalue weighted by Crippen LogP contribution is -2.57. The van der Waals surface area contributed by atoms with Gasteiger partial charge in [0.25, 0.3) is 0 Å². The molecule has 4 aliphatic rings. The molecule has 11 nitrogen and oxygen atoms in total. The molecule has 1 N–H and O–H groups in total. The number of thiophene rings is 1. The zero-order valence-electron chi connectivity index (χ0n) is 29.9. The zero-order valence-corrected chi connectivity index (χ0v) is 31.4. The lowest BCUT2D eigenvalue weighted by molar-refractivity contribution is 0.0122. The second-order valence-corrected chi connectivity index (χ2v) is 17.5. The summed E-state index contributed by atoms with van der Waals surface area (Å²) in [7, 11) is 0. The summed E-state index contributed by atoms with van der Waals surface area (Å²) in [6.45, 7) is 8.59. The molecular formula is C39H40ClFN8O3S. The number of nitrogens with zero attached hydrogens (tertiary/aromatic N) is 7. The Labute approximate surface area is 314 Å². The van der Waals surface area contributed by atoms with Crippen molar-refractivity contribution in [1.82, 2.24) is 34.9 Å². The van der Waals surface area contributed by atoms with Gasteiger partial charge in [-0.25, -0.2) is 9.18 Å². The van der Waals surface area contributed by atoms with Crippen LogP contribution in [-0.4, -0.2) is 103 Å². The first-order valence-corrected chi connectivity index (χ1v) is 19.7. The van der Waals surface area contributed by atoms with Crippen molar-refractivity contribution in [3.63, 3.8) is 0 Å². The lowest BCUT2D eigenvalue weighted by atomic mass is 9.95. The predicted octanol–water partition coefficient (Wildman–Crippen LogP) is 8.13.